The maximum absolute atomic E-state index is 5.94. The summed E-state index contributed by atoms with van der Waals surface area (Å²) in [5.74, 6) is 1.64. The van der Waals surface area contributed by atoms with Crippen LogP contribution < -0.4 is 15.0 Å². The Labute approximate surface area is 183 Å². The van der Waals surface area contributed by atoms with Crippen LogP contribution in [0.3, 0.4) is 0 Å². The summed E-state index contributed by atoms with van der Waals surface area (Å²) in [4.78, 5) is 4.56. The van der Waals surface area contributed by atoms with Crippen LogP contribution in [-0.4, -0.2) is 11.5 Å². The topological polar surface area (TPSA) is 52.0 Å². The largest absolute Gasteiger partial charge is 0.457 e. The lowest BCUT2D eigenvalue weighted by atomic mass is 10.1. The molecule has 31 heavy (non-hydrogen) atoms. The van der Waals surface area contributed by atoms with E-state index in [-0.39, 0.29) is 0 Å². The van der Waals surface area contributed by atoms with Crippen molar-refractivity contribution in [1.29, 1.82) is 0 Å². The highest BCUT2D eigenvalue weighted by Crippen LogP contribution is 2.23. The lowest BCUT2D eigenvalue weighted by Crippen LogP contribution is -2.39. The van der Waals surface area contributed by atoms with Gasteiger partial charge in [0.05, 0.1) is 6.54 Å². The monoisotopic (exact) mass is 408 g/mol. The SMILES string of the molecule is Cc1ccnc(-c2cc(/C=C/c3cccc(Oc4ccccc4)c3)cc[n+]2CCN)c1. The number of nitrogens with two attached hydrogens (primary N) is 1. The summed E-state index contributed by atoms with van der Waals surface area (Å²) in [7, 11) is 0. The van der Waals surface area contributed by atoms with E-state index in [0.29, 0.717) is 6.54 Å². The molecule has 0 bridgehead atoms. The van der Waals surface area contributed by atoms with Crippen LogP contribution in [0.5, 0.6) is 11.5 Å². The summed E-state index contributed by atoms with van der Waals surface area (Å²) in [6.45, 7) is 3.40. The molecule has 0 atom stereocenters. The molecule has 2 aromatic carbocycles. The van der Waals surface area contributed by atoms with Crippen molar-refractivity contribution in [3.05, 3.63) is 108 Å². The number of hydrogen-bond donors (Lipinski definition) is 1. The molecule has 2 aromatic heterocycles. The molecule has 0 radical (unpaired) electrons. The Morgan fingerprint density at radius 1 is 0.871 bits per heavy atom. The van der Waals surface area contributed by atoms with Crippen molar-refractivity contribution < 1.29 is 9.30 Å². The fourth-order valence-electron chi connectivity index (χ4n) is 3.38. The highest BCUT2D eigenvalue weighted by atomic mass is 16.5. The number of nitrogens with zero attached hydrogens (tertiary/aromatic N) is 2. The molecule has 2 heterocycles. The first-order chi connectivity index (χ1) is 15.2. The van der Waals surface area contributed by atoms with Crippen LogP contribution in [0.15, 0.2) is 91.3 Å². The first kappa shape index (κ1) is 20.5. The van der Waals surface area contributed by atoms with E-state index in [1.165, 1.54) is 5.56 Å². The average molecular weight is 409 g/mol. The van der Waals surface area contributed by atoms with Crippen LogP contribution in [0.25, 0.3) is 23.5 Å². The minimum absolute atomic E-state index is 0.576. The van der Waals surface area contributed by atoms with Crippen molar-refractivity contribution >= 4 is 12.2 Å². The Bertz CT molecular complexity index is 1190. The normalized spacial score (nSPS) is 11.0. The summed E-state index contributed by atoms with van der Waals surface area (Å²) in [5, 5.41) is 0. The van der Waals surface area contributed by atoms with Gasteiger partial charge in [-0.1, -0.05) is 42.5 Å². The third kappa shape index (κ3) is 5.44. The predicted molar refractivity (Wildman–Crippen MR) is 126 cm³/mol. The van der Waals surface area contributed by atoms with Crippen LogP contribution >= 0.6 is 0 Å². The average Bonchev–Trinajstić information content (AvgIpc) is 2.79. The molecule has 2 N–H and O–H groups in total. The zero-order valence-corrected chi connectivity index (χ0v) is 17.6. The molecule has 0 aliphatic heterocycles. The van der Waals surface area contributed by atoms with Crippen molar-refractivity contribution in [3.63, 3.8) is 0 Å². The molecule has 0 unspecified atom stereocenters. The summed E-state index contributed by atoms with van der Waals surface area (Å²) >= 11 is 0. The molecular weight excluding hydrogens is 382 g/mol. The van der Waals surface area contributed by atoms with Crippen molar-refractivity contribution in [2.24, 2.45) is 5.73 Å². The molecular formula is C27H26N3O+. The smallest absolute Gasteiger partial charge is 0.231 e. The van der Waals surface area contributed by atoms with Gasteiger partial charge in [-0.05, 0) is 60.0 Å². The maximum Gasteiger partial charge on any atom is 0.231 e. The Balaban J connectivity index is 1.59. The lowest BCUT2D eigenvalue weighted by molar-refractivity contribution is -0.683. The summed E-state index contributed by atoms with van der Waals surface area (Å²) < 4.78 is 8.09. The van der Waals surface area contributed by atoms with Gasteiger partial charge in [-0.25, -0.2) is 4.98 Å². The Morgan fingerprint density at radius 2 is 1.65 bits per heavy atom. The van der Waals surface area contributed by atoms with Crippen LogP contribution in [0, 0.1) is 6.92 Å². The van der Waals surface area contributed by atoms with Crippen molar-refractivity contribution in [2.75, 3.05) is 6.54 Å². The molecule has 4 rings (SSSR count). The molecule has 4 heteroatoms. The van der Waals surface area contributed by atoms with E-state index in [4.69, 9.17) is 10.5 Å². The molecule has 0 fully saturated rings. The lowest BCUT2D eigenvalue weighted by Gasteiger charge is -2.06. The zero-order chi connectivity index (χ0) is 21.5. The van der Waals surface area contributed by atoms with Gasteiger partial charge in [-0.3, -0.25) is 0 Å². The molecule has 154 valence electrons. The van der Waals surface area contributed by atoms with Gasteiger partial charge in [-0.15, -0.1) is 0 Å². The first-order valence-corrected chi connectivity index (χ1v) is 10.4. The number of aryl methyl sites for hydroxylation is 1. The fraction of sp³-hybridized carbons (Fsp3) is 0.111. The van der Waals surface area contributed by atoms with Gasteiger partial charge >= 0.3 is 0 Å². The van der Waals surface area contributed by atoms with Gasteiger partial charge in [0.15, 0.2) is 12.7 Å². The van der Waals surface area contributed by atoms with Crippen LogP contribution in [0.2, 0.25) is 0 Å². The van der Waals surface area contributed by atoms with Gasteiger partial charge in [0.1, 0.15) is 17.2 Å². The quantitative estimate of drug-likeness (QED) is 0.424. The number of ether oxygens (including phenoxy) is 1. The standard InChI is InChI=1S/C27H26N3O/c1-21-12-15-29-26(18-21)27-20-23(13-16-30(27)17-14-28)11-10-22-6-5-9-25(19-22)31-24-7-3-2-4-8-24/h2-13,15-16,18-20H,14,17,28H2,1H3/q+1/b11-10+. The molecule has 0 spiro atoms. The van der Waals surface area contributed by atoms with E-state index in [1.54, 1.807) is 0 Å². The summed E-state index contributed by atoms with van der Waals surface area (Å²) in [5.41, 5.74) is 11.2. The third-order valence-electron chi connectivity index (χ3n) is 4.91. The minimum atomic E-state index is 0.576. The highest BCUT2D eigenvalue weighted by molar-refractivity contribution is 5.71. The van der Waals surface area contributed by atoms with Gasteiger partial charge in [-0.2, -0.15) is 4.57 Å². The van der Waals surface area contributed by atoms with Crippen LogP contribution in [0.4, 0.5) is 0 Å². The zero-order valence-electron chi connectivity index (χ0n) is 17.6. The number of rotatable bonds is 7. The van der Waals surface area contributed by atoms with E-state index in [0.717, 1.165) is 40.6 Å². The highest BCUT2D eigenvalue weighted by Gasteiger charge is 2.14. The molecule has 4 aromatic rings. The van der Waals surface area contributed by atoms with E-state index in [1.807, 2.05) is 60.8 Å². The van der Waals surface area contributed by atoms with Crippen molar-refractivity contribution in [1.82, 2.24) is 4.98 Å². The number of para-hydroxylation sites is 1. The molecule has 0 aliphatic rings. The van der Waals surface area contributed by atoms with Gasteiger partial charge in [0, 0.05) is 18.3 Å². The van der Waals surface area contributed by atoms with Gasteiger partial charge < -0.3 is 10.5 Å². The molecule has 0 saturated heterocycles. The van der Waals surface area contributed by atoms with E-state index in [9.17, 15) is 0 Å². The summed E-state index contributed by atoms with van der Waals surface area (Å²) in [6, 6.07) is 26.2. The van der Waals surface area contributed by atoms with Crippen LogP contribution in [0.1, 0.15) is 16.7 Å². The van der Waals surface area contributed by atoms with Gasteiger partial charge in [0.2, 0.25) is 5.69 Å². The fourth-order valence-corrected chi connectivity index (χ4v) is 3.38. The molecule has 0 amide bonds. The molecule has 0 aliphatic carbocycles. The number of pyridine rings is 2. The number of aromatic nitrogens is 2. The summed E-state index contributed by atoms with van der Waals surface area (Å²) in [6.07, 6.45) is 8.11. The van der Waals surface area contributed by atoms with Crippen LogP contribution in [-0.2, 0) is 6.54 Å². The van der Waals surface area contributed by atoms with Crippen molar-refractivity contribution in [2.45, 2.75) is 13.5 Å². The second kappa shape index (κ2) is 9.83. The molecule has 0 saturated carbocycles. The van der Waals surface area contributed by atoms with E-state index < -0.39 is 0 Å². The maximum atomic E-state index is 5.94. The Kier molecular flexibility index (Phi) is 6.50. The second-order valence-corrected chi connectivity index (χ2v) is 7.37. The Morgan fingerprint density at radius 3 is 2.42 bits per heavy atom. The van der Waals surface area contributed by atoms with E-state index in [2.05, 4.69) is 59.1 Å². The first-order valence-electron chi connectivity index (χ1n) is 10.4. The van der Waals surface area contributed by atoms with Gasteiger partial charge in [0.25, 0.3) is 0 Å². The van der Waals surface area contributed by atoms with Crippen molar-refractivity contribution in [3.8, 4) is 22.9 Å². The number of hydrogen-bond acceptors (Lipinski definition) is 3. The molecule has 4 nitrogen and oxygen atoms in total. The third-order valence-corrected chi connectivity index (χ3v) is 4.91. The predicted octanol–water partition coefficient (Wildman–Crippen LogP) is 5.27. The minimum Gasteiger partial charge on any atom is -0.457 e. The second-order valence-electron chi connectivity index (χ2n) is 7.37. The Hall–Kier alpha value is -3.76. The number of benzene rings is 2. The van der Waals surface area contributed by atoms with E-state index >= 15 is 0 Å².